The summed E-state index contributed by atoms with van der Waals surface area (Å²) in [6.07, 6.45) is 0. The first-order valence-electron chi connectivity index (χ1n) is 5.43. The predicted molar refractivity (Wildman–Crippen MR) is 61.6 cm³/mol. The minimum Gasteiger partial charge on any atom is -0.332 e. The molecule has 0 amide bonds. The lowest BCUT2D eigenvalue weighted by molar-refractivity contribution is -0.836. The van der Waals surface area contributed by atoms with Gasteiger partial charge in [-0.2, -0.15) is 0 Å². The number of hydrogen-bond acceptors (Lipinski definition) is 10. The molecule has 0 aromatic heterocycles. The lowest BCUT2D eigenvalue weighted by Crippen LogP contribution is -2.51. The third kappa shape index (κ3) is 4.68. The van der Waals surface area contributed by atoms with E-state index < -0.39 is 50.5 Å². The molecule has 0 heterocycles. The van der Waals surface area contributed by atoms with Gasteiger partial charge >= 0.3 is 11.8 Å². The van der Waals surface area contributed by atoms with E-state index in [1.165, 1.54) is 0 Å². The van der Waals surface area contributed by atoms with Crippen LogP contribution in [0.3, 0.4) is 0 Å². The Kier molecular flexibility index (Phi) is 5.89. The van der Waals surface area contributed by atoms with Crippen molar-refractivity contribution in [2.75, 3.05) is 13.2 Å². The fourth-order valence-electron chi connectivity index (χ4n) is 0.917. The van der Waals surface area contributed by atoms with Gasteiger partial charge in [0.2, 0.25) is 13.2 Å². The molecular formula is C7H10F2N4O10. The molecule has 16 heteroatoms. The molecule has 0 aromatic carbocycles. The van der Waals surface area contributed by atoms with Crippen LogP contribution in [0.2, 0.25) is 0 Å². The summed E-state index contributed by atoms with van der Waals surface area (Å²) in [5.41, 5.74) is 0. The molecule has 0 aliphatic rings. The van der Waals surface area contributed by atoms with Crippen molar-refractivity contribution >= 4 is 0 Å². The summed E-state index contributed by atoms with van der Waals surface area (Å²) >= 11 is 0. The van der Waals surface area contributed by atoms with Crippen LogP contribution in [-0.4, -0.2) is 50.5 Å². The zero-order chi connectivity index (χ0) is 18.6. The van der Waals surface area contributed by atoms with E-state index in [1.807, 2.05) is 0 Å². The smallest absolute Gasteiger partial charge is 0.332 e. The van der Waals surface area contributed by atoms with E-state index >= 15 is 0 Å². The van der Waals surface area contributed by atoms with Crippen LogP contribution in [-0.2, 0) is 9.47 Å². The summed E-state index contributed by atoms with van der Waals surface area (Å²) in [7, 11) is 0. The average Bonchev–Trinajstić information content (AvgIpc) is 2.41. The van der Waals surface area contributed by atoms with Crippen molar-refractivity contribution in [3.05, 3.63) is 40.5 Å². The molecule has 0 N–H and O–H groups in total. The fourth-order valence-corrected chi connectivity index (χ4v) is 0.917. The van der Waals surface area contributed by atoms with Crippen molar-refractivity contribution in [1.29, 1.82) is 0 Å². The van der Waals surface area contributed by atoms with Crippen molar-refractivity contribution in [1.82, 2.24) is 0 Å². The van der Waals surface area contributed by atoms with Crippen LogP contribution in [0.5, 0.6) is 0 Å². The van der Waals surface area contributed by atoms with Gasteiger partial charge in [-0.25, -0.2) is 0 Å². The van der Waals surface area contributed by atoms with Gasteiger partial charge in [-0.15, -0.1) is 0 Å². The first kappa shape index (κ1) is 20.4. The maximum absolute atomic E-state index is 13.4. The number of ether oxygens (including phenoxy) is 2. The van der Waals surface area contributed by atoms with Gasteiger partial charge in [0.1, 0.15) is 19.7 Å². The zero-order valence-corrected chi connectivity index (χ0v) is 11.5. The molecule has 0 saturated heterocycles. The van der Waals surface area contributed by atoms with Gasteiger partial charge in [0.25, 0.3) is 0 Å². The third-order valence-corrected chi connectivity index (χ3v) is 2.33. The number of alkyl halides is 2. The SMILES string of the molecule is CC(C)(OCC(F)([N+](=O)[O-])[N+](=O)[O-])OCC(F)([N+](=O)[O-])[N+](=O)[O-]. The van der Waals surface area contributed by atoms with E-state index in [0.29, 0.717) is 0 Å². The molecule has 0 atom stereocenters. The Balaban J connectivity index is 4.97. The van der Waals surface area contributed by atoms with Crippen molar-refractivity contribution in [2.45, 2.75) is 31.5 Å². The summed E-state index contributed by atoms with van der Waals surface area (Å²) in [6, 6.07) is 0. The third-order valence-electron chi connectivity index (χ3n) is 2.33. The highest BCUT2D eigenvalue weighted by Gasteiger charge is 2.61. The van der Waals surface area contributed by atoms with Crippen LogP contribution in [0.25, 0.3) is 0 Å². The van der Waals surface area contributed by atoms with E-state index in [4.69, 9.17) is 0 Å². The maximum atomic E-state index is 13.4. The van der Waals surface area contributed by atoms with Gasteiger partial charge in [0.15, 0.2) is 5.79 Å². The fraction of sp³-hybridized carbons (Fsp3) is 1.00. The molecule has 132 valence electrons. The Morgan fingerprint density at radius 2 is 0.957 bits per heavy atom. The summed E-state index contributed by atoms with van der Waals surface area (Å²) in [5, 5.41) is 41.2. The molecule has 0 unspecified atom stereocenters. The highest BCUT2D eigenvalue weighted by Crippen LogP contribution is 2.22. The summed E-state index contributed by atoms with van der Waals surface area (Å²) < 4.78 is 35.6. The van der Waals surface area contributed by atoms with Crippen molar-refractivity contribution in [3.63, 3.8) is 0 Å². The Hall–Kier alpha value is -2.62. The Bertz CT molecular complexity index is 453. The molecule has 0 rings (SSSR count). The van der Waals surface area contributed by atoms with Crippen molar-refractivity contribution in [2.24, 2.45) is 0 Å². The van der Waals surface area contributed by atoms with E-state index in [2.05, 4.69) is 9.47 Å². The second-order valence-corrected chi connectivity index (χ2v) is 4.44. The number of nitrogens with zero attached hydrogens (tertiary/aromatic N) is 4. The van der Waals surface area contributed by atoms with Gasteiger partial charge in [-0.05, 0) is 13.8 Å². The Labute approximate surface area is 124 Å². The summed E-state index contributed by atoms with van der Waals surface area (Å²) in [4.78, 5) is 33.6. The molecule has 0 bridgehead atoms. The highest BCUT2D eigenvalue weighted by molar-refractivity contribution is 4.61. The molecule has 23 heavy (non-hydrogen) atoms. The van der Waals surface area contributed by atoms with Crippen LogP contribution in [0.1, 0.15) is 13.8 Å². The van der Waals surface area contributed by atoms with Gasteiger partial charge in [-0.3, -0.25) is 40.5 Å². The van der Waals surface area contributed by atoms with Gasteiger partial charge in [-0.1, -0.05) is 8.78 Å². The molecule has 0 aromatic rings. The largest absolute Gasteiger partial charge is 0.637 e. The van der Waals surface area contributed by atoms with Gasteiger partial charge in [0.05, 0.1) is 0 Å². The van der Waals surface area contributed by atoms with E-state index in [0.717, 1.165) is 13.8 Å². The topological polar surface area (TPSA) is 191 Å². The summed E-state index contributed by atoms with van der Waals surface area (Å²) in [6.45, 7) is -1.94. The first-order valence-corrected chi connectivity index (χ1v) is 5.43. The highest BCUT2D eigenvalue weighted by atomic mass is 19.2. The van der Waals surface area contributed by atoms with Crippen LogP contribution in [0.4, 0.5) is 8.78 Å². The second-order valence-electron chi connectivity index (χ2n) is 4.44. The lowest BCUT2D eigenvalue weighted by atomic mass is 10.3. The molecule has 0 fully saturated rings. The van der Waals surface area contributed by atoms with Crippen LogP contribution in [0.15, 0.2) is 0 Å². The van der Waals surface area contributed by atoms with Crippen molar-refractivity contribution < 1.29 is 37.9 Å². The van der Waals surface area contributed by atoms with E-state index in [9.17, 15) is 49.2 Å². The molecule has 0 radical (unpaired) electrons. The normalized spacial score (nSPS) is 12.7. The molecule has 0 aliphatic heterocycles. The van der Waals surface area contributed by atoms with Crippen LogP contribution in [0, 0.1) is 40.5 Å². The minimum atomic E-state index is -4.25. The average molecular weight is 348 g/mol. The standard InChI is InChI=1S/C7H10F2N4O10/c1-5(2,22-3-6(8,10(14)15)11(16)17)23-4-7(9,12(18)19)13(20)21/h3-4H2,1-2H3. The predicted octanol–water partition coefficient (Wildman–Crippen LogP) is 0.109. The Morgan fingerprint density at radius 3 is 1.13 bits per heavy atom. The Morgan fingerprint density at radius 1 is 0.739 bits per heavy atom. The number of nitro groups is 4. The number of hydrogen-bond donors (Lipinski definition) is 0. The zero-order valence-electron chi connectivity index (χ0n) is 11.5. The number of rotatable bonds is 10. The van der Waals surface area contributed by atoms with Crippen LogP contribution < -0.4 is 0 Å². The monoisotopic (exact) mass is 348 g/mol. The summed E-state index contributed by atoms with van der Waals surface area (Å²) in [5.74, 6) is -10.7. The van der Waals surface area contributed by atoms with E-state index in [-0.39, 0.29) is 0 Å². The molecule has 0 spiro atoms. The van der Waals surface area contributed by atoms with Crippen LogP contribution >= 0.6 is 0 Å². The first-order chi connectivity index (χ1) is 10.2. The molecular weight excluding hydrogens is 338 g/mol. The quantitative estimate of drug-likeness (QED) is 0.226. The number of halogens is 2. The van der Waals surface area contributed by atoms with Crippen molar-refractivity contribution in [3.8, 4) is 0 Å². The maximum Gasteiger partial charge on any atom is 0.637 e. The van der Waals surface area contributed by atoms with E-state index in [1.54, 1.807) is 0 Å². The van der Waals surface area contributed by atoms with Gasteiger partial charge in [0, 0.05) is 0 Å². The molecule has 0 saturated carbocycles. The lowest BCUT2D eigenvalue weighted by Gasteiger charge is -2.25. The molecule has 0 aliphatic carbocycles. The molecule has 14 nitrogen and oxygen atoms in total. The minimum absolute atomic E-state index is 0.827. The second kappa shape index (κ2) is 6.65. The van der Waals surface area contributed by atoms with Gasteiger partial charge < -0.3 is 9.47 Å².